The Morgan fingerprint density at radius 2 is 2.20 bits per heavy atom. The fraction of sp³-hybridized carbons (Fsp3) is 0.571. The Bertz CT molecular complexity index is 535. The van der Waals surface area contributed by atoms with E-state index in [1.165, 1.54) is 6.26 Å². The van der Waals surface area contributed by atoms with Crippen LogP contribution in [0.1, 0.15) is 35.5 Å². The number of rotatable bonds is 3. The van der Waals surface area contributed by atoms with Gasteiger partial charge in [-0.15, -0.1) is 0 Å². The average molecular weight is 297 g/mol. The fourth-order valence-electron chi connectivity index (χ4n) is 2.40. The minimum absolute atomic E-state index is 0.0263. The van der Waals surface area contributed by atoms with E-state index in [4.69, 9.17) is 9.52 Å². The summed E-state index contributed by atoms with van der Waals surface area (Å²) in [6.45, 7) is 7.33. The molecule has 0 spiro atoms. The van der Waals surface area contributed by atoms with Crippen LogP contribution >= 0.6 is 11.8 Å². The van der Waals surface area contributed by atoms with Crippen molar-refractivity contribution in [2.24, 2.45) is 0 Å². The topological polar surface area (TPSA) is 70.7 Å². The van der Waals surface area contributed by atoms with Gasteiger partial charge in [0.1, 0.15) is 12.2 Å². The second-order valence-electron chi connectivity index (χ2n) is 5.62. The van der Waals surface area contributed by atoms with Crippen LogP contribution < -0.4 is 0 Å². The van der Waals surface area contributed by atoms with E-state index in [1.807, 2.05) is 11.8 Å². The van der Waals surface area contributed by atoms with Crippen LogP contribution in [0.5, 0.6) is 0 Å². The standard InChI is InChI=1S/C14H19NO4S/c1-9-7-19-10(6-11(16)17)12(9)13(18)15-4-5-20-14(2,3)8-15/h7H,4-6,8H2,1-3H3,(H,16,17). The molecule has 0 atom stereocenters. The van der Waals surface area contributed by atoms with Gasteiger partial charge >= 0.3 is 5.97 Å². The van der Waals surface area contributed by atoms with Crippen LogP contribution in [-0.2, 0) is 11.2 Å². The van der Waals surface area contributed by atoms with Crippen molar-refractivity contribution in [1.82, 2.24) is 4.90 Å². The van der Waals surface area contributed by atoms with E-state index < -0.39 is 5.97 Å². The van der Waals surface area contributed by atoms with Gasteiger partial charge in [0.2, 0.25) is 0 Å². The van der Waals surface area contributed by atoms with E-state index in [2.05, 4.69) is 13.8 Å². The summed E-state index contributed by atoms with van der Waals surface area (Å²) >= 11 is 1.85. The highest BCUT2D eigenvalue weighted by Gasteiger charge is 2.32. The Morgan fingerprint density at radius 1 is 1.50 bits per heavy atom. The lowest BCUT2D eigenvalue weighted by atomic mass is 10.1. The van der Waals surface area contributed by atoms with Gasteiger partial charge in [-0.1, -0.05) is 0 Å². The van der Waals surface area contributed by atoms with Crippen LogP contribution in [0.2, 0.25) is 0 Å². The fourth-order valence-corrected chi connectivity index (χ4v) is 3.51. The average Bonchev–Trinajstić information content (AvgIpc) is 2.67. The van der Waals surface area contributed by atoms with Gasteiger partial charge in [0.25, 0.3) is 5.91 Å². The molecule has 1 saturated heterocycles. The SMILES string of the molecule is Cc1coc(CC(=O)O)c1C(=O)N1CCSC(C)(C)C1. The first-order valence-electron chi connectivity index (χ1n) is 6.52. The Hall–Kier alpha value is -1.43. The Labute approximate surface area is 122 Å². The van der Waals surface area contributed by atoms with Crippen LogP contribution in [0, 0.1) is 6.92 Å². The van der Waals surface area contributed by atoms with Crippen LogP contribution in [0.3, 0.4) is 0 Å². The largest absolute Gasteiger partial charge is 0.481 e. The molecule has 0 bridgehead atoms. The number of carboxylic acids is 1. The van der Waals surface area contributed by atoms with Gasteiger partial charge in [-0.25, -0.2) is 0 Å². The minimum Gasteiger partial charge on any atom is -0.481 e. The Balaban J connectivity index is 2.24. The number of carbonyl (C=O) groups is 2. The summed E-state index contributed by atoms with van der Waals surface area (Å²) in [5.41, 5.74) is 1.11. The molecule has 0 aromatic carbocycles. The number of aliphatic carboxylic acids is 1. The zero-order chi connectivity index (χ0) is 14.9. The van der Waals surface area contributed by atoms with Gasteiger partial charge in [-0.05, 0) is 20.8 Å². The van der Waals surface area contributed by atoms with E-state index >= 15 is 0 Å². The number of furan rings is 1. The molecule has 110 valence electrons. The van der Waals surface area contributed by atoms with Crippen molar-refractivity contribution in [3.05, 3.63) is 23.2 Å². The third-order valence-electron chi connectivity index (χ3n) is 3.29. The molecule has 0 aliphatic carbocycles. The third kappa shape index (κ3) is 3.17. The third-order valence-corrected chi connectivity index (χ3v) is 4.59. The molecule has 2 heterocycles. The molecule has 20 heavy (non-hydrogen) atoms. The van der Waals surface area contributed by atoms with Gasteiger partial charge in [0.05, 0.1) is 11.8 Å². The summed E-state index contributed by atoms with van der Waals surface area (Å²) in [5, 5.41) is 8.89. The summed E-state index contributed by atoms with van der Waals surface area (Å²) in [6, 6.07) is 0. The maximum absolute atomic E-state index is 12.6. The highest BCUT2D eigenvalue weighted by atomic mass is 32.2. The second-order valence-corrected chi connectivity index (χ2v) is 7.42. The molecule has 1 fully saturated rings. The molecule has 1 aromatic rings. The van der Waals surface area contributed by atoms with Crippen LogP contribution in [0.15, 0.2) is 10.7 Å². The summed E-state index contributed by atoms with van der Waals surface area (Å²) in [4.78, 5) is 25.3. The minimum atomic E-state index is -0.997. The lowest BCUT2D eigenvalue weighted by molar-refractivity contribution is -0.136. The predicted molar refractivity (Wildman–Crippen MR) is 77.2 cm³/mol. The van der Waals surface area contributed by atoms with Crippen molar-refractivity contribution >= 4 is 23.6 Å². The molecular formula is C14H19NO4S. The highest BCUT2D eigenvalue weighted by Crippen LogP contribution is 2.31. The summed E-state index contributed by atoms with van der Waals surface area (Å²) in [7, 11) is 0. The first kappa shape index (κ1) is 15.0. The van der Waals surface area contributed by atoms with Crippen molar-refractivity contribution in [1.29, 1.82) is 0 Å². The van der Waals surface area contributed by atoms with Crippen LogP contribution in [0.4, 0.5) is 0 Å². The summed E-state index contributed by atoms with van der Waals surface area (Å²) < 4.78 is 5.26. The number of thioether (sulfide) groups is 1. The van der Waals surface area contributed by atoms with Gasteiger partial charge in [0.15, 0.2) is 0 Å². The van der Waals surface area contributed by atoms with Crippen molar-refractivity contribution in [2.45, 2.75) is 31.9 Å². The lowest BCUT2D eigenvalue weighted by Crippen LogP contribution is -2.46. The molecule has 1 N–H and O–H groups in total. The normalized spacial score (nSPS) is 18.1. The van der Waals surface area contributed by atoms with Gasteiger partial charge < -0.3 is 14.4 Å². The molecule has 0 saturated carbocycles. The second kappa shape index (κ2) is 5.52. The van der Waals surface area contributed by atoms with Gasteiger partial charge in [-0.3, -0.25) is 9.59 Å². The number of amides is 1. The molecule has 1 aromatic heterocycles. The summed E-state index contributed by atoms with van der Waals surface area (Å²) in [6.07, 6.45) is 1.19. The first-order valence-corrected chi connectivity index (χ1v) is 7.51. The molecule has 1 aliphatic rings. The van der Waals surface area contributed by atoms with E-state index in [-0.39, 0.29) is 22.8 Å². The van der Waals surface area contributed by atoms with Crippen molar-refractivity contribution in [2.75, 3.05) is 18.8 Å². The maximum atomic E-state index is 12.6. The van der Waals surface area contributed by atoms with E-state index in [0.29, 0.717) is 24.2 Å². The first-order chi connectivity index (χ1) is 9.30. The monoisotopic (exact) mass is 297 g/mol. The number of hydrogen-bond donors (Lipinski definition) is 1. The molecule has 1 amide bonds. The van der Waals surface area contributed by atoms with E-state index in [1.54, 1.807) is 11.8 Å². The molecule has 0 unspecified atom stereocenters. The smallest absolute Gasteiger partial charge is 0.311 e. The number of carboxylic acid groups (broad SMARTS) is 1. The number of aryl methyl sites for hydroxylation is 1. The zero-order valence-electron chi connectivity index (χ0n) is 11.9. The van der Waals surface area contributed by atoms with E-state index in [0.717, 1.165) is 5.75 Å². The summed E-state index contributed by atoms with van der Waals surface area (Å²) in [5.74, 6) is 0.0176. The number of nitrogens with zero attached hydrogens (tertiary/aromatic N) is 1. The number of carbonyl (C=O) groups excluding carboxylic acids is 1. The number of hydrogen-bond acceptors (Lipinski definition) is 4. The van der Waals surface area contributed by atoms with Crippen LogP contribution in [-0.4, -0.2) is 45.5 Å². The molecule has 1 aliphatic heterocycles. The molecule has 2 rings (SSSR count). The lowest BCUT2D eigenvalue weighted by Gasteiger charge is -2.37. The van der Waals surface area contributed by atoms with Crippen molar-refractivity contribution in [3.63, 3.8) is 0 Å². The van der Waals surface area contributed by atoms with E-state index in [9.17, 15) is 9.59 Å². The van der Waals surface area contributed by atoms with Crippen LogP contribution in [0.25, 0.3) is 0 Å². The van der Waals surface area contributed by atoms with Crippen molar-refractivity contribution < 1.29 is 19.1 Å². The predicted octanol–water partition coefficient (Wildman–Crippen LogP) is 2.18. The van der Waals surface area contributed by atoms with Crippen molar-refractivity contribution in [3.8, 4) is 0 Å². The molecular weight excluding hydrogens is 278 g/mol. The Kier molecular flexibility index (Phi) is 4.13. The van der Waals surface area contributed by atoms with Gasteiger partial charge in [-0.2, -0.15) is 11.8 Å². The highest BCUT2D eigenvalue weighted by molar-refractivity contribution is 8.00. The molecule has 5 nitrogen and oxygen atoms in total. The zero-order valence-corrected chi connectivity index (χ0v) is 12.7. The Morgan fingerprint density at radius 3 is 2.80 bits per heavy atom. The molecule has 6 heteroatoms. The maximum Gasteiger partial charge on any atom is 0.311 e. The quantitative estimate of drug-likeness (QED) is 0.926. The van der Waals surface area contributed by atoms with Gasteiger partial charge in [0, 0.05) is 29.2 Å². The molecule has 0 radical (unpaired) electrons.